The van der Waals surface area contributed by atoms with E-state index in [9.17, 15) is 22.4 Å². The van der Waals surface area contributed by atoms with Crippen molar-refractivity contribution < 1.29 is 27.1 Å². The summed E-state index contributed by atoms with van der Waals surface area (Å²) in [5.74, 6) is -0.929. The highest BCUT2D eigenvalue weighted by Gasteiger charge is 2.35. The molecule has 0 spiro atoms. The minimum absolute atomic E-state index is 0.00612. The van der Waals surface area contributed by atoms with Gasteiger partial charge in [0.2, 0.25) is 11.8 Å². The predicted molar refractivity (Wildman–Crippen MR) is 185 cm³/mol. The molecule has 5 rings (SSSR count). The molecule has 0 unspecified atom stereocenters. The molecule has 0 radical (unpaired) electrons. The highest BCUT2D eigenvalue weighted by Crippen LogP contribution is 2.27. The maximum atomic E-state index is 14.6. The van der Waals surface area contributed by atoms with Crippen molar-refractivity contribution in [3.8, 4) is 5.75 Å². The number of methoxy groups -OCH3 is 1. The van der Waals surface area contributed by atoms with Gasteiger partial charge in [0.05, 0.1) is 17.7 Å². The molecule has 48 heavy (non-hydrogen) atoms. The molecule has 0 heterocycles. The van der Waals surface area contributed by atoms with Crippen LogP contribution in [0.3, 0.4) is 0 Å². The van der Waals surface area contributed by atoms with Gasteiger partial charge in [-0.15, -0.1) is 0 Å². The van der Waals surface area contributed by atoms with Crippen molar-refractivity contribution in [3.63, 3.8) is 0 Å². The lowest BCUT2D eigenvalue weighted by Crippen LogP contribution is -2.55. The molecular weight excluding hydrogens is 629 g/mol. The molecule has 1 fully saturated rings. The fourth-order valence-electron chi connectivity index (χ4n) is 6.12. The number of anilines is 1. The van der Waals surface area contributed by atoms with E-state index in [2.05, 4.69) is 5.32 Å². The van der Waals surface area contributed by atoms with Crippen molar-refractivity contribution >= 4 is 27.5 Å². The topological polar surface area (TPSA) is 96.0 Å². The molecule has 0 aromatic heterocycles. The molecule has 1 N–H and O–H groups in total. The van der Waals surface area contributed by atoms with Gasteiger partial charge in [0.15, 0.2) is 0 Å². The van der Waals surface area contributed by atoms with E-state index in [1.54, 1.807) is 0 Å². The van der Waals surface area contributed by atoms with Crippen LogP contribution in [0.15, 0.2) is 108 Å². The van der Waals surface area contributed by atoms with Gasteiger partial charge >= 0.3 is 0 Å². The normalized spacial score (nSPS) is 14.1. The lowest BCUT2D eigenvalue weighted by Gasteiger charge is -2.35. The Balaban J connectivity index is 1.56. The molecule has 1 atom stereocenters. The van der Waals surface area contributed by atoms with Crippen LogP contribution in [0.25, 0.3) is 0 Å². The van der Waals surface area contributed by atoms with Crippen LogP contribution in [0.4, 0.5) is 10.1 Å². The van der Waals surface area contributed by atoms with Crippen molar-refractivity contribution in [2.45, 2.75) is 69.0 Å². The van der Waals surface area contributed by atoms with Crippen LogP contribution >= 0.6 is 0 Å². The second-order valence-corrected chi connectivity index (χ2v) is 14.1. The van der Waals surface area contributed by atoms with Gasteiger partial charge in [-0.3, -0.25) is 13.9 Å². The fraction of sp³-hybridized carbons (Fsp3) is 0.316. The van der Waals surface area contributed by atoms with Gasteiger partial charge in [-0.25, -0.2) is 12.8 Å². The summed E-state index contributed by atoms with van der Waals surface area (Å²) in [5.41, 5.74) is 2.77. The van der Waals surface area contributed by atoms with Crippen molar-refractivity contribution in [1.29, 1.82) is 0 Å². The third-order valence-corrected chi connectivity index (χ3v) is 10.5. The number of nitrogens with one attached hydrogen (secondary N) is 1. The quantitative estimate of drug-likeness (QED) is 0.177. The number of amides is 2. The number of hydrogen-bond donors (Lipinski definition) is 1. The Hall–Kier alpha value is -4.70. The lowest BCUT2D eigenvalue weighted by molar-refractivity contribution is -0.140. The largest absolute Gasteiger partial charge is 0.497 e. The highest BCUT2D eigenvalue weighted by atomic mass is 32.2. The molecule has 1 aliphatic rings. The molecule has 8 nitrogen and oxygen atoms in total. The first-order chi connectivity index (χ1) is 23.1. The number of nitrogens with zero attached hydrogens (tertiary/aromatic N) is 2. The van der Waals surface area contributed by atoms with E-state index >= 15 is 0 Å². The molecule has 4 aromatic carbocycles. The minimum Gasteiger partial charge on any atom is -0.497 e. The van der Waals surface area contributed by atoms with Gasteiger partial charge in [-0.2, -0.15) is 0 Å². The number of benzene rings is 4. The summed E-state index contributed by atoms with van der Waals surface area (Å²) < 4.78 is 48.5. The highest BCUT2D eigenvalue weighted by molar-refractivity contribution is 7.92. The number of hydrogen-bond acceptors (Lipinski definition) is 5. The number of halogens is 1. The van der Waals surface area contributed by atoms with E-state index in [1.165, 1.54) is 48.4 Å². The third-order valence-electron chi connectivity index (χ3n) is 8.70. The zero-order valence-corrected chi connectivity index (χ0v) is 28.2. The van der Waals surface area contributed by atoms with E-state index in [0.29, 0.717) is 5.75 Å². The maximum Gasteiger partial charge on any atom is 0.264 e. The standard InChI is InChI=1S/C38H42FN3O5S/c1-28-10-9-13-30(24-28)26-41(36(25-29-11-5-3-6-12-29)38(44)40-32-14-7-4-8-15-32)37(43)27-42(33-18-16-31(39)17-19-33)48(45,46)35-22-20-34(47-2)21-23-35/h3,5-6,9-13,16-24,32,36H,4,7-8,14-15,25-27H2,1-2H3,(H,40,44)/t36-/m0/s1. The van der Waals surface area contributed by atoms with Crippen LogP contribution in [-0.2, 0) is 32.6 Å². The van der Waals surface area contributed by atoms with Crippen LogP contribution in [0.2, 0.25) is 0 Å². The zero-order valence-electron chi connectivity index (χ0n) is 27.3. The van der Waals surface area contributed by atoms with Crippen molar-refractivity contribution in [2.24, 2.45) is 0 Å². The van der Waals surface area contributed by atoms with Crippen LogP contribution in [-0.4, -0.2) is 50.9 Å². The number of carbonyl (C=O) groups excluding carboxylic acids is 2. The first-order valence-electron chi connectivity index (χ1n) is 16.3. The number of carbonyl (C=O) groups is 2. The van der Waals surface area contributed by atoms with Crippen LogP contribution in [0, 0.1) is 12.7 Å². The number of rotatable bonds is 13. The molecule has 4 aromatic rings. The zero-order chi connectivity index (χ0) is 34.1. The van der Waals surface area contributed by atoms with E-state index < -0.39 is 34.3 Å². The van der Waals surface area contributed by atoms with Crippen molar-refractivity contribution in [1.82, 2.24) is 10.2 Å². The summed E-state index contributed by atoms with van der Waals surface area (Å²) in [4.78, 5) is 30.3. The Bertz CT molecular complexity index is 1780. The summed E-state index contributed by atoms with van der Waals surface area (Å²) in [6.07, 6.45) is 5.15. The van der Waals surface area contributed by atoms with Crippen molar-refractivity contribution in [2.75, 3.05) is 18.0 Å². The molecule has 2 amide bonds. The fourth-order valence-corrected chi connectivity index (χ4v) is 7.53. The Morgan fingerprint density at radius 1 is 0.875 bits per heavy atom. The molecule has 1 aliphatic carbocycles. The predicted octanol–water partition coefficient (Wildman–Crippen LogP) is 6.43. The third kappa shape index (κ3) is 8.80. The monoisotopic (exact) mass is 671 g/mol. The van der Waals surface area contributed by atoms with E-state index in [1.807, 2.05) is 61.5 Å². The molecule has 1 saturated carbocycles. The second-order valence-electron chi connectivity index (χ2n) is 12.2. The summed E-state index contributed by atoms with van der Waals surface area (Å²) in [6.45, 7) is 1.41. The Morgan fingerprint density at radius 3 is 2.19 bits per heavy atom. The van der Waals surface area contributed by atoms with E-state index in [0.717, 1.165) is 65.2 Å². The van der Waals surface area contributed by atoms with Gasteiger partial charge in [0.1, 0.15) is 24.2 Å². The Kier molecular flexibility index (Phi) is 11.5. The number of sulfonamides is 1. The first kappa shape index (κ1) is 34.6. The summed E-state index contributed by atoms with van der Waals surface area (Å²) in [5, 5.41) is 3.21. The minimum atomic E-state index is -4.32. The molecule has 252 valence electrons. The molecular formula is C38H42FN3O5S. The first-order valence-corrected chi connectivity index (χ1v) is 17.7. The average Bonchev–Trinajstić information content (AvgIpc) is 3.10. The maximum absolute atomic E-state index is 14.6. The van der Waals surface area contributed by atoms with Gasteiger partial charge in [-0.1, -0.05) is 79.4 Å². The van der Waals surface area contributed by atoms with Crippen LogP contribution in [0.1, 0.15) is 48.8 Å². The van der Waals surface area contributed by atoms with E-state index in [4.69, 9.17) is 4.74 Å². The lowest BCUT2D eigenvalue weighted by atomic mass is 9.94. The van der Waals surface area contributed by atoms with Crippen molar-refractivity contribution in [3.05, 3.63) is 126 Å². The molecule has 0 saturated heterocycles. The summed E-state index contributed by atoms with van der Waals surface area (Å²) in [7, 11) is -2.84. The van der Waals surface area contributed by atoms with Gasteiger partial charge in [-0.05, 0) is 79.4 Å². The van der Waals surface area contributed by atoms with Gasteiger partial charge in [0.25, 0.3) is 10.0 Å². The van der Waals surface area contributed by atoms with Crippen LogP contribution in [0.5, 0.6) is 5.75 Å². The van der Waals surface area contributed by atoms with Gasteiger partial charge in [0, 0.05) is 19.0 Å². The smallest absolute Gasteiger partial charge is 0.264 e. The second kappa shape index (κ2) is 15.9. The Labute approximate surface area is 282 Å². The Morgan fingerprint density at radius 2 is 1.54 bits per heavy atom. The van der Waals surface area contributed by atoms with Crippen LogP contribution < -0.4 is 14.4 Å². The number of aryl methyl sites for hydroxylation is 1. The molecule has 0 bridgehead atoms. The summed E-state index contributed by atoms with van der Waals surface area (Å²) >= 11 is 0. The van der Waals surface area contributed by atoms with E-state index in [-0.39, 0.29) is 35.5 Å². The molecule has 10 heteroatoms. The SMILES string of the molecule is COc1ccc(S(=O)(=O)N(CC(=O)N(Cc2cccc(C)c2)[C@@H](Cc2ccccc2)C(=O)NC2CCCCC2)c2ccc(F)cc2)cc1. The molecule has 0 aliphatic heterocycles. The average molecular weight is 672 g/mol. The van der Waals surface area contributed by atoms with Gasteiger partial charge < -0.3 is 15.0 Å². The summed E-state index contributed by atoms with van der Waals surface area (Å²) in [6, 6.07) is 27.0. The number of ether oxygens (including phenoxy) is 1.